The van der Waals surface area contributed by atoms with Crippen molar-refractivity contribution in [2.75, 3.05) is 0 Å². The summed E-state index contributed by atoms with van der Waals surface area (Å²) in [4.78, 5) is 15.6. The summed E-state index contributed by atoms with van der Waals surface area (Å²) >= 11 is 0. The zero-order valence-corrected chi connectivity index (χ0v) is 13.6. The topological polar surface area (TPSA) is 89.3 Å². The molecule has 1 N–H and O–H groups in total. The van der Waals surface area contributed by atoms with E-state index in [0.29, 0.717) is 0 Å². The molecule has 6 nitrogen and oxygen atoms in total. The summed E-state index contributed by atoms with van der Waals surface area (Å²) in [7, 11) is -3.87. The summed E-state index contributed by atoms with van der Waals surface area (Å²) in [5.41, 5.74) is 1.17. The second kappa shape index (κ2) is 5.93. The van der Waals surface area contributed by atoms with Crippen LogP contribution in [0.2, 0.25) is 0 Å². The van der Waals surface area contributed by atoms with Crippen LogP contribution in [0.3, 0.4) is 0 Å². The van der Waals surface area contributed by atoms with E-state index < -0.39 is 16.0 Å². The van der Waals surface area contributed by atoms with Gasteiger partial charge in [0.25, 0.3) is 10.0 Å². The molecular weight excluding hydrogens is 328 g/mol. The lowest BCUT2D eigenvalue weighted by Crippen LogP contribution is -2.14. The number of aromatic nitrogens is 2. The molecule has 0 unspecified atom stereocenters. The normalized spacial score (nSPS) is 11.4. The van der Waals surface area contributed by atoms with Gasteiger partial charge in [-0.2, -0.15) is 0 Å². The maximum atomic E-state index is 12.9. The van der Waals surface area contributed by atoms with Crippen molar-refractivity contribution in [2.24, 2.45) is 0 Å². The summed E-state index contributed by atoms with van der Waals surface area (Å²) in [6.45, 7) is 1.86. The van der Waals surface area contributed by atoms with Crippen LogP contribution in [0.25, 0.3) is 11.4 Å². The van der Waals surface area contributed by atoms with Gasteiger partial charge in [0.05, 0.1) is 10.5 Å². The first-order chi connectivity index (χ1) is 11.4. The molecule has 2 aromatic carbocycles. The summed E-state index contributed by atoms with van der Waals surface area (Å²) in [5.74, 6) is -1.08. The van der Waals surface area contributed by atoms with E-state index in [1.165, 1.54) is 36.7 Å². The lowest BCUT2D eigenvalue weighted by Gasteiger charge is -2.11. The van der Waals surface area contributed by atoms with E-state index in [1.807, 2.05) is 6.92 Å². The average molecular weight is 342 g/mol. The molecule has 0 saturated carbocycles. The molecule has 0 spiro atoms. The number of carboxylic acid groups (broad SMARTS) is 1. The number of nitrogens with zero attached hydrogens (tertiary/aromatic N) is 2. The minimum Gasteiger partial charge on any atom is -0.478 e. The number of imidazole rings is 1. The third kappa shape index (κ3) is 2.69. The van der Waals surface area contributed by atoms with Crippen molar-refractivity contribution in [3.63, 3.8) is 0 Å². The largest absolute Gasteiger partial charge is 0.478 e. The van der Waals surface area contributed by atoms with E-state index in [0.717, 1.165) is 9.54 Å². The van der Waals surface area contributed by atoms with Crippen LogP contribution in [0.4, 0.5) is 0 Å². The molecule has 0 atom stereocenters. The number of carboxylic acids is 1. The Morgan fingerprint density at radius 1 is 1.08 bits per heavy atom. The standard InChI is InChI=1S/C17H14N2O4S/c1-12-6-8-13(9-7-12)24(22,23)19-11-10-18-16(19)14-4-2-3-5-15(14)17(20)21/h2-11H,1H3,(H,20,21). The van der Waals surface area contributed by atoms with Crippen LogP contribution in [-0.4, -0.2) is 28.5 Å². The molecule has 122 valence electrons. The lowest BCUT2D eigenvalue weighted by molar-refractivity contribution is 0.0697. The van der Waals surface area contributed by atoms with Crippen molar-refractivity contribution in [2.45, 2.75) is 11.8 Å². The average Bonchev–Trinajstić information content (AvgIpc) is 3.05. The molecule has 0 aliphatic heterocycles. The van der Waals surface area contributed by atoms with Gasteiger partial charge in [0.15, 0.2) is 5.82 Å². The quantitative estimate of drug-likeness (QED) is 0.787. The van der Waals surface area contributed by atoms with E-state index in [4.69, 9.17) is 0 Å². The van der Waals surface area contributed by atoms with E-state index >= 15 is 0 Å². The summed E-state index contributed by atoms with van der Waals surface area (Å²) in [6.07, 6.45) is 2.64. The first kappa shape index (κ1) is 15.9. The van der Waals surface area contributed by atoms with Crippen molar-refractivity contribution < 1.29 is 18.3 Å². The van der Waals surface area contributed by atoms with Gasteiger partial charge in [-0.15, -0.1) is 0 Å². The Morgan fingerprint density at radius 2 is 1.75 bits per heavy atom. The van der Waals surface area contributed by atoms with Gasteiger partial charge in [-0.25, -0.2) is 22.2 Å². The summed E-state index contributed by atoms with van der Waals surface area (Å²) in [6, 6.07) is 12.6. The van der Waals surface area contributed by atoms with Crippen LogP contribution < -0.4 is 0 Å². The maximum Gasteiger partial charge on any atom is 0.336 e. The highest BCUT2D eigenvalue weighted by molar-refractivity contribution is 7.90. The van der Waals surface area contributed by atoms with E-state index in [-0.39, 0.29) is 21.8 Å². The molecule has 24 heavy (non-hydrogen) atoms. The van der Waals surface area contributed by atoms with Crippen LogP contribution in [0, 0.1) is 6.92 Å². The summed E-state index contributed by atoms with van der Waals surface area (Å²) < 4.78 is 26.7. The number of benzene rings is 2. The van der Waals surface area contributed by atoms with E-state index in [9.17, 15) is 18.3 Å². The Morgan fingerprint density at radius 3 is 2.42 bits per heavy atom. The highest BCUT2D eigenvalue weighted by Crippen LogP contribution is 2.26. The minimum absolute atomic E-state index is 0.0101. The third-order valence-corrected chi connectivity index (χ3v) is 5.26. The van der Waals surface area contributed by atoms with E-state index in [1.54, 1.807) is 24.3 Å². The minimum atomic E-state index is -3.87. The van der Waals surface area contributed by atoms with Crippen LogP contribution in [0.1, 0.15) is 15.9 Å². The van der Waals surface area contributed by atoms with Gasteiger partial charge >= 0.3 is 5.97 Å². The van der Waals surface area contributed by atoms with Crippen molar-refractivity contribution in [1.82, 2.24) is 8.96 Å². The Hall–Kier alpha value is -2.93. The predicted octanol–water partition coefficient (Wildman–Crippen LogP) is 2.79. The molecule has 1 heterocycles. The molecule has 1 aromatic heterocycles. The molecule has 3 rings (SSSR count). The first-order valence-corrected chi connectivity index (χ1v) is 8.53. The fourth-order valence-electron chi connectivity index (χ4n) is 2.36. The zero-order valence-electron chi connectivity index (χ0n) is 12.7. The molecule has 0 bridgehead atoms. The number of hydrogen-bond donors (Lipinski definition) is 1. The Balaban J connectivity index is 2.19. The number of hydrogen-bond acceptors (Lipinski definition) is 4. The molecule has 0 amide bonds. The fraction of sp³-hybridized carbons (Fsp3) is 0.0588. The highest BCUT2D eigenvalue weighted by atomic mass is 32.2. The second-order valence-electron chi connectivity index (χ2n) is 5.22. The molecule has 0 saturated heterocycles. The van der Waals surface area contributed by atoms with Crippen LogP contribution in [0.15, 0.2) is 65.8 Å². The van der Waals surface area contributed by atoms with Crippen molar-refractivity contribution >= 4 is 16.0 Å². The van der Waals surface area contributed by atoms with Gasteiger partial charge in [-0.05, 0) is 25.1 Å². The second-order valence-corrected chi connectivity index (χ2v) is 7.03. The number of carbonyl (C=O) groups is 1. The SMILES string of the molecule is Cc1ccc(S(=O)(=O)n2ccnc2-c2ccccc2C(=O)O)cc1. The Bertz CT molecular complexity index is 1010. The number of rotatable bonds is 4. The summed E-state index contributed by atoms with van der Waals surface area (Å²) in [5, 5.41) is 9.32. The van der Waals surface area contributed by atoms with Gasteiger partial charge in [0.2, 0.25) is 0 Å². The smallest absolute Gasteiger partial charge is 0.336 e. The Kier molecular flexibility index (Phi) is 3.94. The molecule has 0 aliphatic carbocycles. The molecule has 0 fully saturated rings. The monoisotopic (exact) mass is 342 g/mol. The molecular formula is C17H14N2O4S. The maximum absolute atomic E-state index is 12.9. The van der Waals surface area contributed by atoms with Crippen LogP contribution in [0.5, 0.6) is 0 Å². The van der Waals surface area contributed by atoms with Gasteiger partial charge in [0, 0.05) is 18.0 Å². The lowest BCUT2D eigenvalue weighted by atomic mass is 10.1. The predicted molar refractivity (Wildman–Crippen MR) is 88.4 cm³/mol. The fourth-order valence-corrected chi connectivity index (χ4v) is 3.66. The van der Waals surface area contributed by atoms with Crippen LogP contribution in [-0.2, 0) is 10.0 Å². The first-order valence-electron chi connectivity index (χ1n) is 7.09. The van der Waals surface area contributed by atoms with Crippen molar-refractivity contribution in [3.05, 3.63) is 72.1 Å². The number of aromatic carboxylic acids is 1. The van der Waals surface area contributed by atoms with Gasteiger partial charge < -0.3 is 5.11 Å². The molecule has 0 aliphatic rings. The highest BCUT2D eigenvalue weighted by Gasteiger charge is 2.23. The zero-order chi connectivity index (χ0) is 17.3. The van der Waals surface area contributed by atoms with Crippen LogP contribution >= 0.6 is 0 Å². The van der Waals surface area contributed by atoms with E-state index in [2.05, 4.69) is 4.98 Å². The van der Waals surface area contributed by atoms with Gasteiger partial charge in [-0.3, -0.25) is 0 Å². The van der Waals surface area contributed by atoms with Crippen molar-refractivity contribution in [3.8, 4) is 11.4 Å². The van der Waals surface area contributed by atoms with Gasteiger partial charge in [-0.1, -0.05) is 35.9 Å². The van der Waals surface area contributed by atoms with Crippen molar-refractivity contribution in [1.29, 1.82) is 0 Å². The Labute approximate surface area is 139 Å². The third-order valence-electron chi connectivity index (χ3n) is 3.58. The molecule has 7 heteroatoms. The van der Waals surface area contributed by atoms with Gasteiger partial charge in [0.1, 0.15) is 0 Å². The molecule has 3 aromatic rings. The molecule has 0 radical (unpaired) electrons. The number of aryl methyl sites for hydroxylation is 1.